The van der Waals surface area contributed by atoms with Crippen LogP contribution in [0.15, 0.2) is 0 Å². The Balaban J connectivity index is 2.11. The standard InChI is InChI=1S/C15H27NO3/c1-4-19-13(17)11-15(6-5-14(2,3)12-15)16-7-9-18-10-8-16/h4-12H2,1-3H3. The maximum Gasteiger partial charge on any atom is 0.307 e. The summed E-state index contributed by atoms with van der Waals surface area (Å²) in [6.07, 6.45) is 3.89. The fourth-order valence-electron chi connectivity index (χ4n) is 3.69. The van der Waals surface area contributed by atoms with Gasteiger partial charge in [-0.25, -0.2) is 0 Å². The molecule has 110 valence electrons. The van der Waals surface area contributed by atoms with Crippen molar-refractivity contribution in [3.63, 3.8) is 0 Å². The van der Waals surface area contributed by atoms with Crippen LogP contribution in [-0.4, -0.2) is 49.3 Å². The highest BCUT2D eigenvalue weighted by atomic mass is 16.5. The zero-order valence-corrected chi connectivity index (χ0v) is 12.5. The van der Waals surface area contributed by atoms with Gasteiger partial charge in [-0.2, -0.15) is 0 Å². The smallest absolute Gasteiger partial charge is 0.307 e. The zero-order chi connectivity index (χ0) is 13.9. The monoisotopic (exact) mass is 269 g/mol. The molecule has 2 aliphatic rings. The van der Waals surface area contributed by atoms with Gasteiger partial charge in [0.1, 0.15) is 0 Å². The Bertz CT molecular complexity index is 323. The minimum atomic E-state index is -0.0494. The van der Waals surface area contributed by atoms with Gasteiger partial charge in [0, 0.05) is 18.6 Å². The summed E-state index contributed by atoms with van der Waals surface area (Å²) in [5, 5.41) is 0. The number of hydrogen-bond donors (Lipinski definition) is 0. The number of carbonyl (C=O) groups excluding carboxylic acids is 1. The molecule has 4 nitrogen and oxygen atoms in total. The lowest BCUT2D eigenvalue weighted by Crippen LogP contribution is -2.53. The van der Waals surface area contributed by atoms with E-state index >= 15 is 0 Å². The van der Waals surface area contributed by atoms with Crippen LogP contribution in [0, 0.1) is 5.41 Å². The summed E-state index contributed by atoms with van der Waals surface area (Å²) in [6, 6.07) is 0. The molecule has 0 aromatic rings. The molecule has 0 radical (unpaired) electrons. The Kier molecular flexibility index (Phi) is 4.51. The lowest BCUT2D eigenvalue weighted by Gasteiger charge is -2.43. The maximum atomic E-state index is 12.0. The predicted molar refractivity (Wildman–Crippen MR) is 74.0 cm³/mol. The summed E-state index contributed by atoms with van der Waals surface area (Å²) in [5.41, 5.74) is 0.324. The first-order chi connectivity index (χ1) is 8.97. The fourth-order valence-corrected chi connectivity index (χ4v) is 3.69. The average molecular weight is 269 g/mol. The highest BCUT2D eigenvalue weighted by Crippen LogP contribution is 2.48. The highest BCUT2D eigenvalue weighted by molar-refractivity contribution is 5.71. The Labute approximate surface area is 116 Å². The molecule has 0 spiro atoms. The maximum absolute atomic E-state index is 12.0. The summed E-state index contributed by atoms with van der Waals surface area (Å²) in [4.78, 5) is 14.5. The first-order valence-electron chi connectivity index (χ1n) is 7.46. The van der Waals surface area contributed by atoms with Crippen molar-refractivity contribution in [1.29, 1.82) is 0 Å². The third-order valence-electron chi connectivity index (χ3n) is 4.54. The van der Waals surface area contributed by atoms with Gasteiger partial charge in [-0.15, -0.1) is 0 Å². The van der Waals surface area contributed by atoms with Gasteiger partial charge >= 0.3 is 5.97 Å². The van der Waals surface area contributed by atoms with Crippen molar-refractivity contribution in [1.82, 2.24) is 4.90 Å². The molecule has 0 bridgehead atoms. The minimum absolute atomic E-state index is 0.000463. The molecule has 0 N–H and O–H groups in total. The number of carbonyl (C=O) groups is 1. The van der Waals surface area contributed by atoms with Crippen molar-refractivity contribution in [3.8, 4) is 0 Å². The van der Waals surface area contributed by atoms with Gasteiger partial charge in [0.15, 0.2) is 0 Å². The SMILES string of the molecule is CCOC(=O)CC1(N2CCOCC2)CCC(C)(C)C1. The zero-order valence-electron chi connectivity index (χ0n) is 12.5. The Hall–Kier alpha value is -0.610. The van der Waals surface area contributed by atoms with Crippen molar-refractivity contribution in [2.24, 2.45) is 5.41 Å². The molecule has 19 heavy (non-hydrogen) atoms. The summed E-state index contributed by atoms with van der Waals surface area (Å²) < 4.78 is 10.6. The molecule has 0 amide bonds. The average Bonchev–Trinajstić information content (AvgIpc) is 2.67. The van der Waals surface area contributed by atoms with Gasteiger partial charge in [0.25, 0.3) is 0 Å². The van der Waals surface area contributed by atoms with Crippen molar-refractivity contribution >= 4 is 5.97 Å². The largest absolute Gasteiger partial charge is 0.466 e. The third kappa shape index (κ3) is 3.48. The minimum Gasteiger partial charge on any atom is -0.466 e. The van der Waals surface area contributed by atoms with Crippen LogP contribution in [0.25, 0.3) is 0 Å². The summed E-state index contributed by atoms with van der Waals surface area (Å²) in [7, 11) is 0. The number of ether oxygens (including phenoxy) is 2. The van der Waals surface area contributed by atoms with E-state index in [-0.39, 0.29) is 11.5 Å². The molecule has 1 atom stereocenters. The molecule has 2 fully saturated rings. The molecule has 1 unspecified atom stereocenters. The Morgan fingerprint density at radius 2 is 1.95 bits per heavy atom. The van der Waals surface area contributed by atoms with Crippen LogP contribution in [0.4, 0.5) is 0 Å². The van der Waals surface area contributed by atoms with E-state index in [1.165, 1.54) is 6.42 Å². The van der Waals surface area contributed by atoms with Crippen LogP contribution in [0.1, 0.15) is 46.5 Å². The van der Waals surface area contributed by atoms with Gasteiger partial charge in [0.05, 0.1) is 26.2 Å². The molecular weight excluding hydrogens is 242 g/mol. The van der Waals surface area contributed by atoms with Gasteiger partial charge in [-0.1, -0.05) is 13.8 Å². The van der Waals surface area contributed by atoms with Crippen molar-refractivity contribution in [3.05, 3.63) is 0 Å². The van der Waals surface area contributed by atoms with E-state index in [0.717, 1.165) is 39.1 Å². The molecule has 1 aliphatic carbocycles. The number of hydrogen-bond acceptors (Lipinski definition) is 4. The van der Waals surface area contributed by atoms with Crippen molar-refractivity contribution < 1.29 is 14.3 Å². The predicted octanol–water partition coefficient (Wildman–Crippen LogP) is 2.22. The molecule has 1 saturated carbocycles. The molecule has 1 saturated heterocycles. The van der Waals surface area contributed by atoms with E-state index in [1.54, 1.807) is 0 Å². The molecule has 0 aromatic carbocycles. The number of nitrogens with zero attached hydrogens (tertiary/aromatic N) is 1. The molecule has 1 heterocycles. The Morgan fingerprint density at radius 3 is 2.47 bits per heavy atom. The second kappa shape index (κ2) is 5.80. The first-order valence-corrected chi connectivity index (χ1v) is 7.46. The lowest BCUT2D eigenvalue weighted by atomic mass is 9.84. The van der Waals surface area contributed by atoms with Crippen LogP contribution in [0.3, 0.4) is 0 Å². The highest BCUT2D eigenvalue weighted by Gasteiger charge is 2.48. The van der Waals surface area contributed by atoms with Gasteiger partial charge in [-0.3, -0.25) is 9.69 Å². The fraction of sp³-hybridized carbons (Fsp3) is 0.933. The molecular formula is C15H27NO3. The van der Waals surface area contributed by atoms with Gasteiger partial charge < -0.3 is 9.47 Å². The number of esters is 1. The molecule has 0 aromatic heterocycles. The number of morpholine rings is 1. The van der Waals surface area contributed by atoms with E-state index in [0.29, 0.717) is 18.4 Å². The summed E-state index contributed by atoms with van der Waals surface area (Å²) >= 11 is 0. The summed E-state index contributed by atoms with van der Waals surface area (Å²) in [5.74, 6) is -0.0494. The van der Waals surface area contributed by atoms with Crippen LogP contribution >= 0.6 is 0 Å². The third-order valence-corrected chi connectivity index (χ3v) is 4.54. The van der Waals surface area contributed by atoms with Crippen LogP contribution in [0.2, 0.25) is 0 Å². The van der Waals surface area contributed by atoms with Crippen LogP contribution < -0.4 is 0 Å². The summed E-state index contributed by atoms with van der Waals surface area (Å²) in [6.45, 7) is 10.4. The topological polar surface area (TPSA) is 38.8 Å². The van der Waals surface area contributed by atoms with E-state index in [2.05, 4.69) is 18.7 Å². The van der Waals surface area contributed by atoms with Gasteiger partial charge in [-0.05, 0) is 31.6 Å². The lowest BCUT2D eigenvalue weighted by molar-refractivity contribution is -0.148. The second-order valence-corrected chi connectivity index (χ2v) is 6.65. The van der Waals surface area contributed by atoms with E-state index < -0.39 is 0 Å². The van der Waals surface area contributed by atoms with Crippen molar-refractivity contribution in [2.75, 3.05) is 32.9 Å². The quantitative estimate of drug-likeness (QED) is 0.734. The Morgan fingerprint density at radius 1 is 1.26 bits per heavy atom. The molecule has 1 aliphatic heterocycles. The van der Waals surface area contributed by atoms with Crippen molar-refractivity contribution in [2.45, 2.75) is 52.0 Å². The van der Waals surface area contributed by atoms with E-state index in [4.69, 9.17) is 9.47 Å². The molecule has 2 rings (SSSR count). The van der Waals surface area contributed by atoms with E-state index in [9.17, 15) is 4.79 Å². The van der Waals surface area contributed by atoms with Crippen LogP contribution in [0.5, 0.6) is 0 Å². The normalized spacial score (nSPS) is 31.3. The van der Waals surface area contributed by atoms with E-state index in [1.807, 2.05) is 6.92 Å². The van der Waals surface area contributed by atoms with Gasteiger partial charge in [0.2, 0.25) is 0 Å². The van der Waals surface area contributed by atoms with Crippen LogP contribution in [-0.2, 0) is 14.3 Å². The molecule has 4 heteroatoms. The second-order valence-electron chi connectivity index (χ2n) is 6.65. The first kappa shape index (κ1) is 14.8. The number of rotatable bonds is 4.